The zero-order valence-electron chi connectivity index (χ0n) is 10.8. The first-order valence-corrected chi connectivity index (χ1v) is 6.03. The summed E-state index contributed by atoms with van der Waals surface area (Å²) in [6, 6.07) is 6.09. The van der Waals surface area contributed by atoms with E-state index in [9.17, 15) is 13.6 Å². The lowest BCUT2D eigenvalue weighted by Crippen LogP contribution is -2.25. The number of amides is 1. The number of carbonyl (C=O) groups is 1. The van der Waals surface area contributed by atoms with Crippen LogP contribution in [-0.2, 0) is 4.79 Å². The first kappa shape index (κ1) is 14.0. The quantitative estimate of drug-likeness (QED) is 0.870. The second-order valence-corrected chi connectivity index (χ2v) is 4.24. The minimum atomic E-state index is -0.687. The number of carbonyl (C=O) groups excluding carboxylic acids is 1. The highest BCUT2D eigenvalue weighted by Crippen LogP contribution is 2.17. The van der Waals surface area contributed by atoms with Crippen LogP contribution in [0.25, 0.3) is 6.08 Å². The normalized spacial score (nSPS) is 12.6. The number of furan rings is 1. The average Bonchev–Trinajstić information content (AvgIpc) is 2.89. The molecule has 0 bridgehead atoms. The third kappa shape index (κ3) is 3.54. The zero-order chi connectivity index (χ0) is 14.5. The number of nitrogens with one attached hydrogen (secondary N) is 1. The molecule has 0 radical (unpaired) electrons. The molecule has 2 rings (SSSR count). The molecule has 1 aromatic heterocycles. The Balaban J connectivity index is 2.00. The molecule has 0 aliphatic heterocycles. The highest BCUT2D eigenvalue weighted by Gasteiger charge is 2.12. The van der Waals surface area contributed by atoms with Crippen molar-refractivity contribution in [2.24, 2.45) is 0 Å². The predicted molar refractivity (Wildman–Crippen MR) is 70.7 cm³/mol. The van der Waals surface area contributed by atoms with E-state index in [1.807, 2.05) is 0 Å². The number of halogens is 2. The van der Waals surface area contributed by atoms with Crippen molar-refractivity contribution in [3.05, 3.63) is 65.6 Å². The molecule has 3 nitrogen and oxygen atoms in total. The summed E-state index contributed by atoms with van der Waals surface area (Å²) in [5, 5.41) is 2.59. The van der Waals surface area contributed by atoms with Crippen LogP contribution in [0.3, 0.4) is 0 Å². The van der Waals surface area contributed by atoms with Gasteiger partial charge in [-0.25, -0.2) is 8.78 Å². The van der Waals surface area contributed by atoms with E-state index < -0.39 is 23.6 Å². The van der Waals surface area contributed by atoms with Crippen LogP contribution in [0, 0.1) is 11.6 Å². The van der Waals surface area contributed by atoms with Crippen LogP contribution in [0.5, 0.6) is 0 Å². The fraction of sp³-hybridized carbons (Fsp3) is 0.133. The fourth-order valence-electron chi connectivity index (χ4n) is 1.74. The summed E-state index contributed by atoms with van der Waals surface area (Å²) >= 11 is 0. The largest absolute Gasteiger partial charge is 0.465 e. The summed E-state index contributed by atoms with van der Waals surface area (Å²) in [4.78, 5) is 11.7. The summed E-state index contributed by atoms with van der Waals surface area (Å²) in [5.41, 5.74) is 0.228. The lowest BCUT2D eigenvalue weighted by Gasteiger charge is -2.13. The predicted octanol–water partition coefficient (Wildman–Crippen LogP) is 3.45. The third-order valence-corrected chi connectivity index (χ3v) is 2.73. The van der Waals surface area contributed by atoms with Gasteiger partial charge in [0.25, 0.3) is 0 Å². The van der Waals surface area contributed by atoms with Crippen molar-refractivity contribution < 1.29 is 18.0 Å². The molecule has 1 heterocycles. The van der Waals surface area contributed by atoms with Crippen molar-refractivity contribution in [1.82, 2.24) is 5.32 Å². The first-order valence-electron chi connectivity index (χ1n) is 6.03. The molecule has 1 amide bonds. The molecule has 1 N–H and O–H groups in total. The van der Waals surface area contributed by atoms with E-state index >= 15 is 0 Å². The topological polar surface area (TPSA) is 42.2 Å². The maximum absolute atomic E-state index is 13.5. The van der Waals surface area contributed by atoms with Crippen molar-refractivity contribution in [3.63, 3.8) is 0 Å². The highest BCUT2D eigenvalue weighted by atomic mass is 19.1. The van der Waals surface area contributed by atoms with Gasteiger partial charge in [-0.15, -0.1) is 0 Å². The summed E-state index contributed by atoms with van der Waals surface area (Å²) in [7, 11) is 0. The van der Waals surface area contributed by atoms with Crippen molar-refractivity contribution in [2.75, 3.05) is 0 Å². The van der Waals surface area contributed by atoms with Crippen LogP contribution >= 0.6 is 0 Å². The van der Waals surface area contributed by atoms with Crippen LogP contribution in [0.2, 0.25) is 0 Å². The van der Waals surface area contributed by atoms with Gasteiger partial charge in [0, 0.05) is 17.7 Å². The number of rotatable bonds is 4. The van der Waals surface area contributed by atoms with E-state index in [1.54, 1.807) is 19.1 Å². The Kier molecular flexibility index (Phi) is 4.30. The van der Waals surface area contributed by atoms with E-state index in [-0.39, 0.29) is 5.56 Å². The molecular formula is C15H13F2NO2. The molecular weight excluding hydrogens is 264 g/mol. The highest BCUT2D eigenvalue weighted by molar-refractivity contribution is 5.91. The lowest BCUT2D eigenvalue weighted by molar-refractivity contribution is -0.117. The Morgan fingerprint density at radius 2 is 2.15 bits per heavy atom. The Bertz CT molecular complexity index is 621. The summed E-state index contributed by atoms with van der Waals surface area (Å²) in [5.74, 6) is -1.19. The van der Waals surface area contributed by atoms with Gasteiger partial charge in [-0.05, 0) is 31.2 Å². The standard InChI is InChI=1S/C15H13F2NO2/c1-10(13-6-4-11(16)9-14(13)17)18-15(19)7-5-12-3-2-8-20-12/h2-10H,1H3,(H,18,19)/b7-5+/t10-/m1/s1. The molecule has 1 atom stereocenters. The van der Waals surface area contributed by atoms with Gasteiger partial charge in [0.2, 0.25) is 5.91 Å². The fourth-order valence-corrected chi connectivity index (χ4v) is 1.74. The SMILES string of the molecule is C[C@@H](NC(=O)/C=C/c1ccco1)c1ccc(F)cc1F. The van der Waals surface area contributed by atoms with Crippen LogP contribution in [-0.4, -0.2) is 5.91 Å². The van der Waals surface area contributed by atoms with Gasteiger partial charge in [0.1, 0.15) is 17.4 Å². The van der Waals surface area contributed by atoms with Gasteiger partial charge >= 0.3 is 0 Å². The molecule has 0 spiro atoms. The molecule has 0 aliphatic carbocycles. The molecule has 0 aliphatic rings. The lowest BCUT2D eigenvalue weighted by atomic mass is 10.1. The maximum atomic E-state index is 13.5. The van der Waals surface area contributed by atoms with Gasteiger partial charge in [0.05, 0.1) is 12.3 Å². The molecule has 20 heavy (non-hydrogen) atoms. The summed E-state index contributed by atoms with van der Waals surface area (Å²) in [6.45, 7) is 1.62. The summed E-state index contributed by atoms with van der Waals surface area (Å²) in [6.07, 6.45) is 4.29. The van der Waals surface area contributed by atoms with E-state index in [1.165, 1.54) is 24.5 Å². The monoisotopic (exact) mass is 277 g/mol. The minimum absolute atomic E-state index is 0.228. The van der Waals surface area contributed by atoms with E-state index in [0.29, 0.717) is 5.76 Å². The van der Waals surface area contributed by atoms with Gasteiger partial charge in [-0.1, -0.05) is 6.07 Å². The van der Waals surface area contributed by atoms with Gasteiger partial charge in [0.15, 0.2) is 0 Å². The van der Waals surface area contributed by atoms with Crippen molar-refractivity contribution in [1.29, 1.82) is 0 Å². The molecule has 0 saturated heterocycles. The number of hydrogen-bond donors (Lipinski definition) is 1. The summed E-state index contributed by atoms with van der Waals surface area (Å²) < 4.78 is 31.4. The van der Waals surface area contributed by atoms with Gasteiger partial charge in [-0.2, -0.15) is 0 Å². The Morgan fingerprint density at radius 3 is 2.80 bits per heavy atom. The molecule has 104 valence electrons. The molecule has 0 unspecified atom stereocenters. The second kappa shape index (κ2) is 6.14. The molecule has 1 aromatic carbocycles. The Hall–Kier alpha value is -2.43. The van der Waals surface area contributed by atoms with Crippen molar-refractivity contribution in [2.45, 2.75) is 13.0 Å². The molecule has 5 heteroatoms. The van der Waals surface area contributed by atoms with Crippen LogP contribution in [0.4, 0.5) is 8.78 Å². The van der Waals surface area contributed by atoms with E-state index in [4.69, 9.17) is 4.42 Å². The Morgan fingerprint density at radius 1 is 1.35 bits per heavy atom. The average molecular weight is 277 g/mol. The van der Waals surface area contributed by atoms with Crippen LogP contribution in [0.1, 0.15) is 24.3 Å². The van der Waals surface area contributed by atoms with Crippen molar-refractivity contribution in [3.8, 4) is 0 Å². The van der Waals surface area contributed by atoms with Gasteiger partial charge in [-0.3, -0.25) is 4.79 Å². The van der Waals surface area contributed by atoms with Gasteiger partial charge < -0.3 is 9.73 Å². The number of benzene rings is 1. The van der Waals surface area contributed by atoms with Crippen LogP contribution in [0.15, 0.2) is 47.1 Å². The second-order valence-electron chi connectivity index (χ2n) is 4.24. The van der Waals surface area contributed by atoms with Crippen LogP contribution < -0.4 is 5.32 Å². The zero-order valence-corrected chi connectivity index (χ0v) is 10.8. The first-order chi connectivity index (χ1) is 9.56. The molecule has 2 aromatic rings. The van der Waals surface area contributed by atoms with Crippen molar-refractivity contribution >= 4 is 12.0 Å². The maximum Gasteiger partial charge on any atom is 0.244 e. The molecule has 0 saturated carbocycles. The smallest absolute Gasteiger partial charge is 0.244 e. The molecule has 0 fully saturated rings. The Labute approximate surface area is 114 Å². The minimum Gasteiger partial charge on any atom is -0.465 e. The number of hydrogen-bond acceptors (Lipinski definition) is 2. The van der Waals surface area contributed by atoms with E-state index in [0.717, 1.165) is 12.1 Å². The van der Waals surface area contributed by atoms with E-state index in [2.05, 4.69) is 5.32 Å². The third-order valence-electron chi connectivity index (χ3n) is 2.73.